The van der Waals surface area contributed by atoms with E-state index >= 15 is 0 Å². The Hall–Kier alpha value is -3.55. The van der Waals surface area contributed by atoms with Gasteiger partial charge in [-0.3, -0.25) is 9.59 Å². The number of rotatable bonds is 9. The van der Waals surface area contributed by atoms with Crippen LogP contribution in [0, 0.1) is 6.92 Å². The molecule has 2 aromatic rings. The number of carbonyl (C=O) groups excluding carboxylic acids is 3. The van der Waals surface area contributed by atoms with Gasteiger partial charge in [0.15, 0.2) is 0 Å². The first-order chi connectivity index (χ1) is 17.4. The maximum absolute atomic E-state index is 14.2. The lowest BCUT2D eigenvalue weighted by molar-refractivity contribution is -0.143. The summed E-state index contributed by atoms with van der Waals surface area (Å²) in [6.07, 6.45) is 1.08. The monoisotopic (exact) mass is 509 g/mol. The van der Waals surface area contributed by atoms with Gasteiger partial charge in [-0.25, -0.2) is 4.79 Å². The third kappa shape index (κ3) is 7.97. The highest BCUT2D eigenvalue weighted by Crippen LogP contribution is 2.37. The first-order valence-electron chi connectivity index (χ1n) is 12.8. The average molecular weight is 510 g/mol. The highest BCUT2D eigenvalue weighted by Gasteiger charge is 2.44. The highest BCUT2D eigenvalue weighted by atomic mass is 16.6. The van der Waals surface area contributed by atoms with Crippen LogP contribution >= 0.6 is 0 Å². The van der Waals surface area contributed by atoms with E-state index < -0.39 is 23.8 Å². The van der Waals surface area contributed by atoms with Gasteiger partial charge in [-0.2, -0.15) is 0 Å². The number of hydrogen-bond acceptors (Lipinski definition) is 5. The number of phenolic OH excluding ortho intramolecular Hbond substituents is 1. The van der Waals surface area contributed by atoms with Crippen LogP contribution in [0.5, 0.6) is 5.75 Å². The van der Waals surface area contributed by atoms with Gasteiger partial charge in [-0.1, -0.05) is 36.4 Å². The van der Waals surface area contributed by atoms with E-state index in [0.717, 1.165) is 18.4 Å². The van der Waals surface area contributed by atoms with Crippen LogP contribution in [0.25, 0.3) is 0 Å². The van der Waals surface area contributed by atoms with Gasteiger partial charge in [0.2, 0.25) is 11.8 Å². The second-order valence-electron chi connectivity index (χ2n) is 11.0. The van der Waals surface area contributed by atoms with Crippen molar-refractivity contribution in [2.75, 3.05) is 0 Å². The molecule has 1 aliphatic rings. The van der Waals surface area contributed by atoms with E-state index in [1.165, 1.54) is 6.07 Å². The molecule has 200 valence electrons. The molecule has 1 saturated carbocycles. The summed E-state index contributed by atoms with van der Waals surface area (Å²) in [5.41, 5.74) is 1.35. The van der Waals surface area contributed by atoms with Gasteiger partial charge in [-0.05, 0) is 83.2 Å². The van der Waals surface area contributed by atoms with Gasteiger partial charge >= 0.3 is 6.09 Å². The first kappa shape index (κ1) is 28.0. The number of aromatic hydroxyl groups is 1. The third-order valence-electron chi connectivity index (χ3n) is 5.96. The molecule has 0 heterocycles. The zero-order valence-electron chi connectivity index (χ0n) is 22.6. The molecule has 0 bridgehead atoms. The summed E-state index contributed by atoms with van der Waals surface area (Å²) >= 11 is 0. The molecule has 8 nitrogen and oxygen atoms in total. The predicted octanol–water partition coefficient (Wildman–Crippen LogP) is 4.39. The van der Waals surface area contributed by atoms with E-state index in [1.807, 2.05) is 44.2 Å². The number of phenols is 1. The van der Waals surface area contributed by atoms with Crippen LogP contribution in [-0.4, -0.2) is 51.6 Å². The van der Waals surface area contributed by atoms with Crippen molar-refractivity contribution in [2.24, 2.45) is 0 Å². The van der Waals surface area contributed by atoms with Crippen molar-refractivity contribution >= 4 is 17.9 Å². The molecule has 0 saturated heterocycles. The summed E-state index contributed by atoms with van der Waals surface area (Å²) in [6, 6.07) is 12.2. The summed E-state index contributed by atoms with van der Waals surface area (Å²) in [5, 5.41) is 15.8. The molecule has 0 radical (unpaired) electrons. The molecule has 8 heteroatoms. The zero-order chi connectivity index (χ0) is 27.3. The molecule has 1 aliphatic carbocycles. The first-order valence-corrected chi connectivity index (χ1v) is 12.8. The van der Waals surface area contributed by atoms with Crippen molar-refractivity contribution in [3.05, 3.63) is 65.2 Å². The minimum absolute atomic E-state index is 0.115. The Kier molecular flexibility index (Phi) is 8.84. The third-order valence-corrected chi connectivity index (χ3v) is 5.96. The Morgan fingerprint density at radius 2 is 1.70 bits per heavy atom. The van der Waals surface area contributed by atoms with E-state index in [4.69, 9.17) is 4.74 Å². The van der Waals surface area contributed by atoms with Gasteiger partial charge < -0.3 is 25.4 Å². The van der Waals surface area contributed by atoms with Crippen molar-refractivity contribution in [3.8, 4) is 5.75 Å². The SMILES string of the molecule is Cc1cc(C(C(=O)NC(C)C)N(C(=O)C(Cc2ccccc2)NC(=O)OC(C)(C)C)C2CC2)ccc1O. The number of aryl methyl sites for hydroxylation is 1. The summed E-state index contributed by atoms with van der Waals surface area (Å²) < 4.78 is 5.46. The van der Waals surface area contributed by atoms with Crippen LogP contribution in [0.2, 0.25) is 0 Å². The van der Waals surface area contributed by atoms with E-state index in [1.54, 1.807) is 44.7 Å². The molecule has 0 aromatic heterocycles. The van der Waals surface area contributed by atoms with Crippen molar-refractivity contribution < 1.29 is 24.2 Å². The van der Waals surface area contributed by atoms with Gasteiger partial charge in [0, 0.05) is 18.5 Å². The lowest BCUT2D eigenvalue weighted by atomic mass is 9.98. The minimum atomic E-state index is -0.939. The Morgan fingerprint density at radius 3 is 2.24 bits per heavy atom. The maximum atomic E-state index is 14.2. The standard InChI is InChI=1S/C29H39N3O5/c1-18(2)30-26(34)25(21-12-15-24(33)19(3)16-21)32(22-13-14-22)27(35)23(17-20-10-8-7-9-11-20)31-28(36)37-29(4,5)6/h7-12,15-16,18,22-23,25,33H,13-14,17H2,1-6H3,(H,30,34)(H,31,36). The Morgan fingerprint density at radius 1 is 1.05 bits per heavy atom. The van der Waals surface area contributed by atoms with Crippen molar-refractivity contribution in [3.63, 3.8) is 0 Å². The molecular formula is C29H39N3O5. The fraction of sp³-hybridized carbons (Fsp3) is 0.483. The molecule has 2 unspecified atom stereocenters. The quantitative estimate of drug-likeness (QED) is 0.465. The van der Waals surface area contributed by atoms with Crippen molar-refractivity contribution in [1.82, 2.24) is 15.5 Å². The Balaban J connectivity index is 2.01. The fourth-order valence-corrected chi connectivity index (χ4v) is 4.20. The van der Waals surface area contributed by atoms with Crippen LogP contribution in [0.1, 0.15) is 70.2 Å². The topological polar surface area (TPSA) is 108 Å². The fourth-order valence-electron chi connectivity index (χ4n) is 4.20. The van der Waals surface area contributed by atoms with Crippen LogP contribution in [-0.2, 0) is 20.7 Å². The predicted molar refractivity (Wildman–Crippen MR) is 142 cm³/mol. The van der Waals surface area contributed by atoms with Crippen molar-refractivity contribution in [1.29, 1.82) is 0 Å². The largest absolute Gasteiger partial charge is 0.508 e. The molecule has 0 spiro atoms. The number of amides is 3. The average Bonchev–Trinajstić information content (AvgIpc) is 3.62. The van der Waals surface area contributed by atoms with Crippen molar-refractivity contribution in [2.45, 2.75) is 90.6 Å². The Bertz CT molecular complexity index is 1110. The van der Waals surface area contributed by atoms with E-state index in [9.17, 15) is 19.5 Å². The van der Waals surface area contributed by atoms with Gasteiger partial charge in [0.1, 0.15) is 23.4 Å². The summed E-state index contributed by atoms with van der Waals surface area (Å²) in [5.74, 6) is -0.549. The molecule has 0 aliphatic heterocycles. The van der Waals surface area contributed by atoms with E-state index in [2.05, 4.69) is 10.6 Å². The van der Waals surface area contributed by atoms with Crippen LogP contribution < -0.4 is 10.6 Å². The smallest absolute Gasteiger partial charge is 0.408 e. The number of ether oxygens (including phenoxy) is 1. The van der Waals surface area contributed by atoms with Gasteiger partial charge in [0.25, 0.3) is 0 Å². The molecule has 1 fully saturated rings. The second-order valence-corrected chi connectivity index (χ2v) is 11.0. The molecular weight excluding hydrogens is 470 g/mol. The number of benzene rings is 2. The minimum Gasteiger partial charge on any atom is -0.508 e. The number of carbonyl (C=O) groups is 3. The zero-order valence-corrected chi connectivity index (χ0v) is 22.6. The highest BCUT2D eigenvalue weighted by molar-refractivity contribution is 5.93. The van der Waals surface area contributed by atoms with Crippen LogP contribution in [0.3, 0.4) is 0 Å². The number of nitrogens with one attached hydrogen (secondary N) is 2. The lowest BCUT2D eigenvalue weighted by Gasteiger charge is -2.35. The van der Waals surface area contributed by atoms with Gasteiger partial charge in [0.05, 0.1) is 0 Å². The summed E-state index contributed by atoms with van der Waals surface area (Å²) in [4.78, 5) is 42.1. The lowest BCUT2D eigenvalue weighted by Crippen LogP contribution is -2.55. The van der Waals surface area contributed by atoms with Gasteiger partial charge in [-0.15, -0.1) is 0 Å². The molecule has 3 rings (SSSR count). The Labute approximate surface area is 219 Å². The number of nitrogens with zero attached hydrogens (tertiary/aromatic N) is 1. The molecule has 2 atom stereocenters. The van der Waals surface area contributed by atoms with Crippen LogP contribution in [0.4, 0.5) is 4.79 Å². The summed E-state index contributed by atoms with van der Waals surface area (Å²) in [7, 11) is 0. The van der Waals surface area contributed by atoms with Crippen LogP contribution in [0.15, 0.2) is 48.5 Å². The molecule has 3 N–H and O–H groups in total. The number of hydrogen-bond donors (Lipinski definition) is 3. The number of alkyl carbamates (subject to hydrolysis) is 1. The normalized spacial score (nSPS) is 15.0. The second kappa shape index (κ2) is 11.7. The van der Waals surface area contributed by atoms with E-state index in [-0.39, 0.29) is 36.1 Å². The maximum Gasteiger partial charge on any atom is 0.408 e. The molecule has 3 amide bonds. The van der Waals surface area contributed by atoms with E-state index in [0.29, 0.717) is 11.1 Å². The molecule has 2 aromatic carbocycles. The molecule has 37 heavy (non-hydrogen) atoms. The summed E-state index contributed by atoms with van der Waals surface area (Å²) in [6.45, 7) is 10.8.